The molecule has 0 atom stereocenters. The third-order valence-electron chi connectivity index (χ3n) is 5.08. The van der Waals surface area contributed by atoms with E-state index in [0.29, 0.717) is 36.7 Å². The summed E-state index contributed by atoms with van der Waals surface area (Å²) >= 11 is 5.98. The molecule has 4 aromatic rings. The van der Waals surface area contributed by atoms with Crippen molar-refractivity contribution in [3.05, 3.63) is 89.2 Å². The number of fused-ring (bicyclic) bond motifs is 1. The van der Waals surface area contributed by atoms with E-state index in [1.165, 1.54) is 0 Å². The van der Waals surface area contributed by atoms with Crippen LogP contribution in [-0.2, 0) is 13.0 Å². The monoisotopic (exact) mass is 449 g/mol. The molecule has 1 amide bonds. The van der Waals surface area contributed by atoms with Crippen LogP contribution in [0.4, 0.5) is 0 Å². The fraction of sp³-hybridized carbons (Fsp3) is 0.200. The molecule has 0 aliphatic carbocycles. The Morgan fingerprint density at radius 3 is 2.69 bits per heavy atom. The van der Waals surface area contributed by atoms with Gasteiger partial charge in [-0.2, -0.15) is 0 Å². The van der Waals surface area contributed by atoms with Crippen LogP contribution in [0.15, 0.2) is 72.8 Å². The molecule has 1 N–H and O–H groups in total. The Bertz CT molecular complexity index is 1220. The molecule has 0 aliphatic rings. The summed E-state index contributed by atoms with van der Waals surface area (Å²) in [7, 11) is 1.63. The van der Waals surface area contributed by atoms with Crippen LogP contribution < -0.4 is 14.8 Å². The molecule has 7 heteroatoms. The molecular formula is C25H24ClN3O3. The van der Waals surface area contributed by atoms with E-state index in [9.17, 15) is 4.79 Å². The summed E-state index contributed by atoms with van der Waals surface area (Å²) in [5.41, 5.74) is 2.50. The summed E-state index contributed by atoms with van der Waals surface area (Å²) in [4.78, 5) is 17.2. The van der Waals surface area contributed by atoms with Crippen LogP contribution in [0.25, 0.3) is 11.0 Å². The molecule has 4 rings (SSSR count). The van der Waals surface area contributed by atoms with Crippen LogP contribution in [0.2, 0.25) is 5.02 Å². The Morgan fingerprint density at radius 1 is 1.03 bits per heavy atom. The topological polar surface area (TPSA) is 65.4 Å². The minimum atomic E-state index is -0.156. The van der Waals surface area contributed by atoms with Crippen molar-refractivity contribution < 1.29 is 14.3 Å². The molecule has 0 saturated carbocycles. The van der Waals surface area contributed by atoms with E-state index in [1.54, 1.807) is 31.4 Å². The van der Waals surface area contributed by atoms with E-state index in [0.717, 1.165) is 28.4 Å². The van der Waals surface area contributed by atoms with Crippen molar-refractivity contribution in [3.8, 4) is 11.5 Å². The van der Waals surface area contributed by atoms with Gasteiger partial charge in [0.25, 0.3) is 5.91 Å². The van der Waals surface area contributed by atoms with Crippen molar-refractivity contribution in [2.45, 2.75) is 13.0 Å². The number of benzene rings is 3. The molecule has 0 radical (unpaired) electrons. The maximum Gasteiger partial charge on any atom is 0.251 e. The first-order valence-corrected chi connectivity index (χ1v) is 10.8. The van der Waals surface area contributed by atoms with Crippen LogP contribution in [0, 0.1) is 0 Å². The van der Waals surface area contributed by atoms with Crippen LogP contribution in [0.5, 0.6) is 11.5 Å². The molecule has 1 heterocycles. The molecule has 0 saturated heterocycles. The summed E-state index contributed by atoms with van der Waals surface area (Å²) in [5.74, 6) is 2.25. The average molecular weight is 450 g/mol. The molecule has 164 valence electrons. The number of rotatable bonds is 9. The number of para-hydroxylation sites is 2. The van der Waals surface area contributed by atoms with Crippen molar-refractivity contribution in [3.63, 3.8) is 0 Å². The van der Waals surface area contributed by atoms with Gasteiger partial charge in [0.15, 0.2) is 0 Å². The van der Waals surface area contributed by atoms with Gasteiger partial charge in [-0.15, -0.1) is 0 Å². The number of imidazole rings is 1. The number of nitrogens with zero attached hydrogens (tertiary/aromatic N) is 2. The lowest BCUT2D eigenvalue weighted by Gasteiger charge is -2.12. The van der Waals surface area contributed by atoms with Gasteiger partial charge in [0.2, 0.25) is 0 Å². The van der Waals surface area contributed by atoms with Gasteiger partial charge in [-0.05, 0) is 42.5 Å². The number of nitrogens with one attached hydrogen (secondary N) is 1. The van der Waals surface area contributed by atoms with E-state index in [1.807, 2.05) is 48.5 Å². The van der Waals surface area contributed by atoms with Crippen LogP contribution in [0.1, 0.15) is 16.2 Å². The average Bonchev–Trinajstić information content (AvgIpc) is 3.16. The number of methoxy groups -OCH3 is 1. The summed E-state index contributed by atoms with van der Waals surface area (Å²) in [6.07, 6.45) is 0.597. The van der Waals surface area contributed by atoms with Gasteiger partial charge in [0.05, 0.1) is 24.7 Å². The van der Waals surface area contributed by atoms with E-state index in [-0.39, 0.29) is 5.91 Å². The molecule has 32 heavy (non-hydrogen) atoms. The molecule has 0 bridgehead atoms. The molecule has 6 nitrogen and oxygen atoms in total. The van der Waals surface area contributed by atoms with Crippen molar-refractivity contribution in [2.75, 3.05) is 20.3 Å². The highest BCUT2D eigenvalue weighted by Gasteiger charge is 2.12. The number of ether oxygens (including phenoxy) is 2. The number of hydrogen-bond acceptors (Lipinski definition) is 4. The second-order valence-electron chi connectivity index (χ2n) is 7.21. The fourth-order valence-electron chi connectivity index (χ4n) is 3.53. The second kappa shape index (κ2) is 10.2. The third kappa shape index (κ3) is 5.21. The summed E-state index contributed by atoms with van der Waals surface area (Å²) < 4.78 is 13.3. The Balaban J connectivity index is 1.42. The zero-order valence-corrected chi connectivity index (χ0v) is 18.5. The van der Waals surface area contributed by atoms with Gasteiger partial charge in [-0.1, -0.05) is 35.9 Å². The predicted octanol–water partition coefficient (Wildman–Crippen LogP) is 4.75. The van der Waals surface area contributed by atoms with Crippen LogP contribution in [0.3, 0.4) is 0 Å². The largest absolute Gasteiger partial charge is 0.497 e. The third-order valence-corrected chi connectivity index (χ3v) is 5.31. The Labute approximate surface area is 191 Å². The van der Waals surface area contributed by atoms with Gasteiger partial charge >= 0.3 is 0 Å². The molecule has 0 unspecified atom stereocenters. The van der Waals surface area contributed by atoms with Crippen molar-refractivity contribution in [1.82, 2.24) is 14.9 Å². The lowest BCUT2D eigenvalue weighted by molar-refractivity contribution is 0.0954. The van der Waals surface area contributed by atoms with E-state index < -0.39 is 0 Å². The highest BCUT2D eigenvalue weighted by atomic mass is 35.5. The first-order chi connectivity index (χ1) is 15.6. The Hall–Kier alpha value is -3.51. The highest BCUT2D eigenvalue weighted by molar-refractivity contribution is 6.30. The fourth-order valence-corrected chi connectivity index (χ4v) is 3.72. The van der Waals surface area contributed by atoms with E-state index in [2.05, 4.69) is 9.88 Å². The predicted molar refractivity (Wildman–Crippen MR) is 126 cm³/mol. The van der Waals surface area contributed by atoms with Crippen LogP contribution in [-0.4, -0.2) is 35.7 Å². The van der Waals surface area contributed by atoms with Crippen LogP contribution >= 0.6 is 11.6 Å². The number of aromatic nitrogens is 2. The van der Waals surface area contributed by atoms with Crippen molar-refractivity contribution in [2.24, 2.45) is 0 Å². The molecular weight excluding hydrogens is 426 g/mol. The maximum absolute atomic E-state index is 12.4. The van der Waals surface area contributed by atoms with E-state index >= 15 is 0 Å². The van der Waals surface area contributed by atoms with Crippen molar-refractivity contribution in [1.29, 1.82) is 0 Å². The zero-order chi connectivity index (χ0) is 22.3. The molecule has 1 aromatic heterocycles. The van der Waals surface area contributed by atoms with Gasteiger partial charge in [0.1, 0.15) is 23.9 Å². The minimum absolute atomic E-state index is 0.156. The van der Waals surface area contributed by atoms with Crippen molar-refractivity contribution >= 4 is 28.5 Å². The Kier molecular flexibility index (Phi) is 6.92. The number of carbonyl (C=O) groups excluding carboxylic acids is 1. The summed E-state index contributed by atoms with van der Waals surface area (Å²) in [5, 5.41) is 3.48. The van der Waals surface area contributed by atoms with Gasteiger partial charge in [-0.25, -0.2) is 4.98 Å². The molecule has 0 spiro atoms. The minimum Gasteiger partial charge on any atom is -0.497 e. The first kappa shape index (κ1) is 21.7. The number of halogens is 1. The van der Waals surface area contributed by atoms with Gasteiger partial charge < -0.3 is 19.4 Å². The SMILES string of the molecule is COc1cccc(OCCn2c(CCNC(=O)c3cccc(Cl)c3)nc3ccccc32)c1. The highest BCUT2D eigenvalue weighted by Crippen LogP contribution is 2.20. The first-order valence-electron chi connectivity index (χ1n) is 10.4. The number of amides is 1. The molecule has 0 aliphatic heterocycles. The maximum atomic E-state index is 12.4. The van der Waals surface area contributed by atoms with E-state index in [4.69, 9.17) is 26.1 Å². The summed E-state index contributed by atoms with van der Waals surface area (Å²) in [6, 6.07) is 22.4. The normalized spacial score (nSPS) is 10.8. The summed E-state index contributed by atoms with van der Waals surface area (Å²) in [6.45, 7) is 1.58. The lowest BCUT2D eigenvalue weighted by atomic mass is 10.2. The standard InChI is InChI=1S/C25H24ClN3O3/c1-31-20-8-5-9-21(17-20)32-15-14-29-23-11-3-2-10-22(23)28-24(29)12-13-27-25(30)18-6-4-7-19(26)16-18/h2-11,16-17H,12-15H2,1H3,(H,27,30). The number of carbonyl (C=O) groups is 1. The molecule has 0 fully saturated rings. The molecule has 3 aromatic carbocycles. The number of hydrogen-bond donors (Lipinski definition) is 1. The smallest absolute Gasteiger partial charge is 0.251 e. The lowest BCUT2D eigenvalue weighted by Crippen LogP contribution is -2.26. The van der Waals surface area contributed by atoms with Gasteiger partial charge in [0, 0.05) is 29.6 Å². The zero-order valence-electron chi connectivity index (χ0n) is 17.8. The quantitative estimate of drug-likeness (QED) is 0.400. The second-order valence-corrected chi connectivity index (χ2v) is 7.65. The van der Waals surface area contributed by atoms with Gasteiger partial charge in [-0.3, -0.25) is 4.79 Å². The Morgan fingerprint density at radius 2 is 1.84 bits per heavy atom.